The molecule has 14 heavy (non-hydrogen) atoms. The minimum atomic E-state index is -0.542. The van der Waals surface area contributed by atoms with Gasteiger partial charge in [0.05, 0.1) is 11.5 Å². The second-order valence-electron chi connectivity index (χ2n) is 4.40. The van der Waals surface area contributed by atoms with Crippen molar-refractivity contribution < 1.29 is 4.79 Å². The topological polar surface area (TPSA) is 41.1 Å². The summed E-state index contributed by atoms with van der Waals surface area (Å²) in [5.74, 6) is 2.68. The molecule has 78 valence electrons. The molecule has 2 atom stereocenters. The molecule has 0 radical (unpaired) electrons. The highest BCUT2D eigenvalue weighted by Crippen LogP contribution is 2.16. The zero-order valence-corrected chi connectivity index (χ0v) is 9.05. The fourth-order valence-corrected chi connectivity index (χ4v) is 1.65. The van der Waals surface area contributed by atoms with Crippen molar-refractivity contribution in [1.82, 2.24) is 10.6 Å². The summed E-state index contributed by atoms with van der Waals surface area (Å²) in [5.41, 5.74) is -0.542. The van der Waals surface area contributed by atoms with Crippen LogP contribution in [0.15, 0.2) is 0 Å². The monoisotopic (exact) mass is 194 g/mol. The van der Waals surface area contributed by atoms with E-state index in [9.17, 15) is 4.79 Å². The highest BCUT2D eigenvalue weighted by atomic mass is 16.2. The maximum Gasteiger partial charge on any atom is 0.225 e. The molecule has 0 spiro atoms. The van der Waals surface area contributed by atoms with Crippen molar-refractivity contribution in [2.75, 3.05) is 6.54 Å². The molecular weight excluding hydrogens is 176 g/mol. The van der Waals surface area contributed by atoms with E-state index in [1.54, 1.807) is 0 Å². The molecule has 3 nitrogen and oxygen atoms in total. The van der Waals surface area contributed by atoms with Gasteiger partial charge in [-0.1, -0.05) is 5.92 Å². The first kappa shape index (κ1) is 11.1. The van der Waals surface area contributed by atoms with Crippen LogP contribution in [0.5, 0.6) is 0 Å². The SMILES string of the molecule is C#CC(C)(C)NC(=O)C1CCNC1C. The number of carbonyl (C=O) groups is 1. The third kappa shape index (κ3) is 2.49. The van der Waals surface area contributed by atoms with Crippen LogP contribution in [0.2, 0.25) is 0 Å². The van der Waals surface area contributed by atoms with Gasteiger partial charge in [-0.15, -0.1) is 6.42 Å². The van der Waals surface area contributed by atoms with Gasteiger partial charge < -0.3 is 10.6 Å². The van der Waals surface area contributed by atoms with Gasteiger partial charge in [0.25, 0.3) is 0 Å². The van der Waals surface area contributed by atoms with Gasteiger partial charge in [-0.25, -0.2) is 0 Å². The Morgan fingerprint density at radius 1 is 1.64 bits per heavy atom. The second kappa shape index (κ2) is 4.02. The molecule has 1 saturated heterocycles. The fourth-order valence-electron chi connectivity index (χ4n) is 1.65. The van der Waals surface area contributed by atoms with Crippen molar-refractivity contribution >= 4 is 5.91 Å². The van der Waals surface area contributed by atoms with E-state index in [0.29, 0.717) is 0 Å². The van der Waals surface area contributed by atoms with Crippen LogP contribution in [-0.2, 0) is 4.79 Å². The van der Waals surface area contributed by atoms with Crippen LogP contribution in [0.25, 0.3) is 0 Å². The summed E-state index contributed by atoms with van der Waals surface area (Å²) in [4.78, 5) is 11.8. The van der Waals surface area contributed by atoms with Crippen molar-refractivity contribution in [3.05, 3.63) is 0 Å². The Morgan fingerprint density at radius 2 is 2.29 bits per heavy atom. The van der Waals surface area contributed by atoms with Gasteiger partial charge >= 0.3 is 0 Å². The summed E-state index contributed by atoms with van der Waals surface area (Å²) < 4.78 is 0. The summed E-state index contributed by atoms with van der Waals surface area (Å²) in [7, 11) is 0. The average Bonchev–Trinajstić information content (AvgIpc) is 2.51. The third-order valence-electron chi connectivity index (χ3n) is 2.66. The van der Waals surface area contributed by atoms with E-state index in [0.717, 1.165) is 13.0 Å². The van der Waals surface area contributed by atoms with E-state index in [4.69, 9.17) is 6.42 Å². The first-order valence-corrected chi connectivity index (χ1v) is 4.99. The Labute approximate surface area is 85.6 Å². The molecule has 0 aromatic carbocycles. The number of carbonyl (C=O) groups excluding carboxylic acids is 1. The Hall–Kier alpha value is -1.01. The van der Waals surface area contributed by atoms with Gasteiger partial charge in [0.1, 0.15) is 0 Å². The van der Waals surface area contributed by atoms with Gasteiger partial charge in [0.15, 0.2) is 0 Å². The van der Waals surface area contributed by atoms with Crippen LogP contribution in [0, 0.1) is 18.3 Å². The Bertz CT molecular complexity index is 265. The number of rotatable bonds is 2. The predicted molar refractivity (Wildman–Crippen MR) is 56.6 cm³/mol. The van der Waals surface area contributed by atoms with E-state index < -0.39 is 5.54 Å². The van der Waals surface area contributed by atoms with E-state index in [1.807, 2.05) is 20.8 Å². The minimum Gasteiger partial charge on any atom is -0.340 e. The molecule has 1 aliphatic heterocycles. The Balaban J connectivity index is 2.55. The van der Waals surface area contributed by atoms with Crippen LogP contribution in [0.4, 0.5) is 0 Å². The van der Waals surface area contributed by atoms with Crippen molar-refractivity contribution in [3.63, 3.8) is 0 Å². The highest BCUT2D eigenvalue weighted by Gasteiger charge is 2.31. The number of nitrogens with one attached hydrogen (secondary N) is 2. The first-order valence-electron chi connectivity index (χ1n) is 4.99. The maximum absolute atomic E-state index is 11.8. The number of hydrogen-bond acceptors (Lipinski definition) is 2. The van der Waals surface area contributed by atoms with Crippen LogP contribution >= 0.6 is 0 Å². The number of amides is 1. The van der Waals surface area contributed by atoms with Crippen LogP contribution in [-0.4, -0.2) is 24.0 Å². The number of hydrogen-bond donors (Lipinski definition) is 2. The van der Waals surface area contributed by atoms with E-state index in [1.165, 1.54) is 0 Å². The summed E-state index contributed by atoms with van der Waals surface area (Å²) >= 11 is 0. The molecule has 3 heteroatoms. The van der Waals surface area contributed by atoms with Gasteiger partial charge in [-0.3, -0.25) is 4.79 Å². The van der Waals surface area contributed by atoms with Crippen LogP contribution in [0.1, 0.15) is 27.2 Å². The number of terminal acetylenes is 1. The van der Waals surface area contributed by atoms with Gasteiger partial charge in [-0.05, 0) is 33.7 Å². The summed E-state index contributed by atoms with van der Waals surface area (Å²) in [5, 5.41) is 6.10. The lowest BCUT2D eigenvalue weighted by molar-refractivity contribution is -0.126. The van der Waals surface area contributed by atoms with E-state index >= 15 is 0 Å². The molecule has 1 amide bonds. The zero-order valence-electron chi connectivity index (χ0n) is 9.05. The van der Waals surface area contributed by atoms with Crippen molar-refractivity contribution in [3.8, 4) is 12.3 Å². The molecule has 2 unspecified atom stereocenters. The Kier molecular flexibility index (Phi) is 3.17. The second-order valence-corrected chi connectivity index (χ2v) is 4.40. The molecule has 0 aromatic rings. The summed E-state index contributed by atoms with van der Waals surface area (Å²) in [6.07, 6.45) is 6.20. The van der Waals surface area contributed by atoms with E-state index in [2.05, 4.69) is 16.6 Å². The molecule has 2 N–H and O–H groups in total. The molecule has 1 aliphatic rings. The van der Waals surface area contributed by atoms with E-state index in [-0.39, 0.29) is 17.9 Å². The average molecular weight is 194 g/mol. The smallest absolute Gasteiger partial charge is 0.225 e. The Morgan fingerprint density at radius 3 is 2.71 bits per heavy atom. The molecule has 0 aliphatic carbocycles. The van der Waals surface area contributed by atoms with Crippen molar-refractivity contribution in [2.45, 2.75) is 38.8 Å². The lowest BCUT2D eigenvalue weighted by Gasteiger charge is -2.23. The van der Waals surface area contributed by atoms with Crippen molar-refractivity contribution in [1.29, 1.82) is 0 Å². The van der Waals surface area contributed by atoms with Crippen LogP contribution < -0.4 is 10.6 Å². The molecule has 0 bridgehead atoms. The first-order chi connectivity index (χ1) is 6.46. The standard InChI is InChI=1S/C11H18N2O/c1-5-11(3,4)13-10(14)9-6-7-12-8(9)2/h1,8-9,12H,6-7H2,2-4H3,(H,13,14). The van der Waals surface area contributed by atoms with Gasteiger partial charge in [0, 0.05) is 6.04 Å². The highest BCUT2D eigenvalue weighted by molar-refractivity contribution is 5.80. The summed E-state index contributed by atoms with van der Waals surface area (Å²) in [6.45, 7) is 6.60. The normalized spacial score (nSPS) is 27.0. The molecule has 0 aromatic heterocycles. The molecule has 1 rings (SSSR count). The zero-order chi connectivity index (χ0) is 10.8. The molecule has 1 heterocycles. The molecule has 1 fully saturated rings. The van der Waals surface area contributed by atoms with Crippen molar-refractivity contribution in [2.24, 2.45) is 5.92 Å². The molecule has 0 saturated carbocycles. The largest absolute Gasteiger partial charge is 0.340 e. The summed E-state index contributed by atoms with van der Waals surface area (Å²) in [6, 6.07) is 0.253. The predicted octanol–water partition coefficient (Wildman–Crippen LogP) is 0.512. The third-order valence-corrected chi connectivity index (χ3v) is 2.66. The lowest BCUT2D eigenvalue weighted by Crippen LogP contribution is -2.47. The minimum absolute atomic E-state index is 0.0580. The van der Waals surface area contributed by atoms with Gasteiger partial charge in [-0.2, -0.15) is 0 Å². The maximum atomic E-state index is 11.8. The van der Waals surface area contributed by atoms with Gasteiger partial charge in [0.2, 0.25) is 5.91 Å². The molecular formula is C11H18N2O. The quantitative estimate of drug-likeness (QED) is 0.629. The fraction of sp³-hybridized carbons (Fsp3) is 0.727. The lowest BCUT2D eigenvalue weighted by atomic mass is 9.98. The van der Waals surface area contributed by atoms with Crippen LogP contribution in [0.3, 0.4) is 0 Å².